The minimum absolute atomic E-state index is 0.0224. The van der Waals surface area contributed by atoms with Gasteiger partial charge in [0.1, 0.15) is 5.69 Å². The van der Waals surface area contributed by atoms with E-state index in [2.05, 4.69) is 10.2 Å². The summed E-state index contributed by atoms with van der Waals surface area (Å²) in [5.74, 6) is 0.0681. The van der Waals surface area contributed by atoms with Crippen LogP contribution in [-0.2, 0) is 4.79 Å². The number of hydrogen-bond acceptors (Lipinski definition) is 4. The molecule has 5 rings (SSSR count). The normalized spacial score (nSPS) is 17.5. The quantitative estimate of drug-likeness (QED) is 0.636. The van der Waals surface area contributed by atoms with Gasteiger partial charge in [-0.2, -0.15) is 5.10 Å². The van der Waals surface area contributed by atoms with E-state index in [1.165, 1.54) is 0 Å². The predicted molar refractivity (Wildman–Crippen MR) is 127 cm³/mol. The van der Waals surface area contributed by atoms with Crippen molar-refractivity contribution >= 4 is 11.8 Å². The van der Waals surface area contributed by atoms with Crippen LogP contribution in [0, 0.1) is 0 Å². The fourth-order valence-corrected chi connectivity index (χ4v) is 4.25. The van der Waals surface area contributed by atoms with Crippen molar-refractivity contribution in [3.05, 3.63) is 72.4 Å². The molecule has 2 fully saturated rings. The third-order valence-electron chi connectivity index (χ3n) is 6.46. The highest BCUT2D eigenvalue weighted by atomic mass is 16.2. The van der Waals surface area contributed by atoms with Crippen LogP contribution in [-0.4, -0.2) is 69.7 Å². The number of carbonyl (C=O) groups excluding carboxylic acids is 2. The summed E-state index contributed by atoms with van der Waals surface area (Å²) in [7, 11) is 0. The van der Waals surface area contributed by atoms with Crippen molar-refractivity contribution in [2.75, 3.05) is 26.2 Å². The molecule has 3 aromatic rings. The van der Waals surface area contributed by atoms with Gasteiger partial charge in [0, 0.05) is 44.0 Å². The van der Waals surface area contributed by atoms with E-state index in [9.17, 15) is 9.59 Å². The molecule has 33 heavy (non-hydrogen) atoms. The number of carbonyl (C=O) groups is 2. The Kier molecular flexibility index (Phi) is 5.96. The minimum atomic E-state index is -0.177. The molecule has 2 aromatic carbocycles. The topological polar surface area (TPSA) is 70.5 Å². The van der Waals surface area contributed by atoms with Gasteiger partial charge in [-0.25, -0.2) is 4.68 Å². The summed E-state index contributed by atoms with van der Waals surface area (Å²) in [5.41, 5.74) is 3.11. The van der Waals surface area contributed by atoms with Gasteiger partial charge >= 0.3 is 0 Å². The van der Waals surface area contributed by atoms with Crippen LogP contribution in [0.25, 0.3) is 16.9 Å². The van der Waals surface area contributed by atoms with Gasteiger partial charge in [0.25, 0.3) is 5.91 Å². The maximum atomic E-state index is 13.6. The molecule has 170 valence electrons. The Hall–Kier alpha value is -3.45. The lowest BCUT2D eigenvalue weighted by molar-refractivity contribution is -0.126. The number of nitrogens with zero attached hydrogens (tertiary/aromatic N) is 4. The fourth-order valence-electron chi connectivity index (χ4n) is 4.25. The number of piperazine rings is 1. The van der Waals surface area contributed by atoms with E-state index in [-0.39, 0.29) is 17.9 Å². The van der Waals surface area contributed by atoms with Crippen LogP contribution in [0.4, 0.5) is 0 Å². The summed E-state index contributed by atoms with van der Waals surface area (Å²) in [6.45, 7) is 4.48. The Bertz CT molecular complexity index is 1120. The first kappa shape index (κ1) is 21.4. The van der Waals surface area contributed by atoms with Gasteiger partial charge in [-0.3, -0.25) is 14.5 Å². The van der Waals surface area contributed by atoms with Crippen LogP contribution in [0.3, 0.4) is 0 Å². The summed E-state index contributed by atoms with van der Waals surface area (Å²) in [6.07, 6.45) is 4.00. The van der Waals surface area contributed by atoms with Gasteiger partial charge in [-0.05, 0) is 31.9 Å². The summed E-state index contributed by atoms with van der Waals surface area (Å²) in [6, 6.07) is 19.8. The standard InChI is InChI=1S/C26H29N5O2/c1-19(25(32)27-21-12-13-21)29-14-16-30(17-15-29)26(33)23-18-31(22-10-6-3-7-11-22)28-24(23)20-8-4-2-5-9-20/h2-11,18-19,21H,12-17H2,1H3,(H,27,32). The van der Waals surface area contributed by atoms with E-state index in [1.54, 1.807) is 4.68 Å². The zero-order chi connectivity index (χ0) is 22.8. The smallest absolute Gasteiger partial charge is 0.257 e. The highest BCUT2D eigenvalue weighted by molar-refractivity contribution is 6.00. The second-order valence-corrected chi connectivity index (χ2v) is 8.82. The minimum Gasteiger partial charge on any atom is -0.352 e. The van der Waals surface area contributed by atoms with Crippen LogP contribution in [0.5, 0.6) is 0 Å². The first-order valence-electron chi connectivity index (χ1n) is 11.6. The van der Waals surface area contributed by atoms with E-state index in [0.717, 1.165) is 24.1 Å². The number of aromatic nitrogens is 2. The van der Waals surface area contributed by atoms with Crippen molar-refractivity contribution in [1.82, 2.24) is 24.9 Å². The van der Waals surface area contributed by atoms with Crippen LogP contribution >= 0.6 is 0 Å². The summed E-state index contributed by atoms with van der Waals surface area (Å²) in [5, 5.41) is 7.85. The second kappa shape index (κ2) is 9.19. The van der Waals surface area contributed by atoms with E-state index >= 15 is 0 Å². The maximum Gasteiger partial charge on any atom is 0.257 e. The number of amides is 2. The lowest BCUT2D eigenvalue weighted by atomic mass is 10.1. The molecule has 7 nitrogen and oxygen atoms in total. The highest BCUT2D eigenvalue weighted by Crippen LogP contribution is 2.25. The molecule has 0 bridgehead atoms. The van der Waals surface area contributed by atoms with Gasteiger partial charge < -0.3 is 10.2 Å². The molecule has 1 aromatic heterocycles. The number of rotatable bonds is 6. The molecular formula is C26H29N5O2. The van der Waals surface area contributed by atoms with Crippen LogP contribution in [0.2, 0.25) is 0 Å². The molecule has 1 aliphatic carbocycles. The van der Waals surface area contributed by atoms with Crippen molar-refractivity contribution in [3.8, 4) is 16.9 Å². The third kappa shape index (κ3) is 4.68. The molecule has 1 unspecified atom stereocenters. The first-order valence-corrected chi connectivity index (χ1v) is 11.6. The molecule has 1 saturated carbocycles. The zero-order valence-corrected chi connectivity index (χ0v) is 18.9. The van der Waals surface area contributed by atoms with Gasteiger partial charge in [0.05, 0.1) is 17.3 Å². The van der Waals surface area contributed by atoms with E-state index < -0.39 is 0 Å². The number of hydrogen-bond donors (Lipinski definition) is 1. The van der Waals surface area contributed by atoms with E-state index in [1.807, 2.05) is 78.7 Å². The molecule has 1 atom stereocenters. The molecular weight excluding hydrogens is 414 g/mol. The van der Waals surface area contributed by atoms with Crippen LogP contribution < -0.4 is 5.32 Å². The van der Waals surface area contributed by atoms with Crippen molar-refractivity contribution < 1.29 is 9.59 Å². The Balaban J connectivity index is 1.34. The van der Waals surface area contributed by atoms with E-state index in [0.29, 0.717) is 43.5 Å². The molecule has 1 saturated heterocycles. The second-order valence-electron chi connectivity index (χ2n) is 8.82. The van der Waals surface area contributed by atoms with Gasteiger partial charge in [-0.15, -0.1) is 0 Å². The first-order chi connectivity index (χ1) is 16.1. The summed E-state index contributed by atoms with van der Waals surface area (Å²) in [4.78, 5) is 30.0. The van der Waals surface area contributed by atoms with Crippen molar-refractivity contribution in [2.24, 2.45) is 0 Å². The number of para-hydroxylation sites is 1. The molecule has 0 spiro atoms. The molecule has 1 aliphatic heterocycles. The zero-order valence-electron chi connectivity index (χ0n) is 18.9. The number of nitrogens with one attached hydrogen (secondary N) is 1. The lowest BCUT2D eigenvalue weighted by Gasteiger charge is -2.37. The van der Waals surface area contributed by atoms with Gasteiger partial charge in [0.15, 0.2) is 0 Å². The Morgan fingerprint density at radius 1 is 0.939 bits per heavy atom. The average molecular weight is 444 g/mol. The monoisotopic (exact) mass is 443 g/mol. The van der Waals surface area contributed by atoms with E-state index in [4.69, 9.17) is 5.10 Å². The summed E-state index contributed by atoms with van der Waals surface area (Å²) >= 11 is 0. The molecule has 2 aliphatic rings. The van der Waals surface area contributed by atoms with Gasteiger partial charge in [0.2, 0.25) is 5.91 Å². The predicted octanol–water partition coefficient (Wildman–Crippen LogP) is 2.96. The Morgan fingerprint density at radius 3 is 2.21 bits per heavy atom. The molecule has 7 heteroatoms. The lowest BCUT2D eigenvalue weighted by Crippen LogP contribution is -2.55. The largest absolute Gasteiger partial charge is 0.352 e. The van der Waals surface area contributed by atoms with Crippen LogP contribution in [0.15, 0.2) is 66.9 Å². The maximum absolute atomic E-state index is 13.6. The molecule has 2 amide bonds. The van der Waals surface area contributed by atoms with Crippen molar-refractivity contribution in [2.45, 2.75) is 31.8 Å². The third-order valence-corrected chi connectivity index (χ3v) is 6.46. The van der Waals surface area contributed by atoms with Crippen LogP contribution in [0.1, 0.15) is 30.1 Å². The molecule has 0 radical (unpaired) electrons. The molecule has 1 N–H and O–H groups in total. The fraction of sp³-hybridized carbons (Fsp3) is 0.346. The Morgan fingerprint density at radius 2 is 1.58 bits per heavy atom. The molecule has 2 heterocycles. The van der Waals surface area contributed by atoms with Crippen molar-refractivity contribution in [1.29, 1.82) is 0 Å². The van der Waals surface area contributed by atoms with Crippen molar-refractivity contribution in [3.63, 3.8) is 0 Å². The van der Waals surface area contributed by atoms with Gasteiger partial charge in [-0.1, -0.05) is 48.5 Å². The average Bonchev–Trinajstić information content (AvgIpc) is 3.58. The summed E-state index contributed by atoms with van der Waals surface area (Å²) < 4.78 is 1.77. The SMILES string of the molecule is CC(C(=O)NC1CC1)N1CCN(C(=O)c2cn(-c3ccccc3)nc2-c2ccccc2)CC1. The highest BCUT2D eigenvalue weighted by Gasteiger charge is 2.32. The Labute approximate surface area is 194 Å². The number of benzene rings is 2.